The summed E-state index contributed by atoms with van der Waals surface area (Å²) in [6.07, 6.45) is 1.31. The quantitative estimate of drug-likeness (QED) is 0.181. The number of hydrogen-bond donors (Lipinski definition) is 4. The van der Waals surface area contributed by atoms with Gasteiger partial charge < -0.3 is 30.9 Å². The summed E-state index contributed by atoms with van der Waals surface area (Å²) in [5, 5.41) is 28.9. The SMILES string of the molecule is Cc1ncsc1-c1ccc([C@H](C)NC(=O)[C@@H]2CCCN2C(=O)[C@@H](NC(=O)CN2CC(N3CCN4c5cc(-c6ccccc6O)nnc5NCC4C3)C2)C(C)(C)C)cc1. The Morgan fingerprint density at radius 2 is 1.76 bits per heavy atom. The van der Waals surface area contributed by atoms with Crippen molar-refractivity contribution in [3.63, 3.8) is 0 Å². The molecule has 0 saturated carbocycles. The van der Waals surface area contributed by atoms with Crippen LogP contribution in [0.4, 0.5) is 11.5 Å². The first-order chi connectivity index (χ1) is 27.8. The molecular weight excluding hydrogens is 753 g/mol. The van der Waals surface area contributed by atoms with Gasteiger partial charge in [0.1, 0.15) is 17.8 Å². The van der Waals surface area contributed by atoms with Crippen LogP contribution < -0.4 is 20.9 Å². The molecule has 0 aliphatic carbocycles. The first-order valence-corrected chi connectivity index (χ1v) is 21.3. The molecule has 4 aliphatic rings. The Kier molecular flexibility index (Phi) is 11.1. The second-order valence-electron chi connectivity index (χ2n) is 17.2. The van der Waals surface area contributed by atoms with Crippen LogP contribution in [0.25, 0.3) is 21.7 Å². The molecule has 0 bridgehead atoms. The average Bonchev–Trinajstić information content (AvgIpc) is 3.87. The van der Waals surface area contributed by atoms with E-state index in [1.54, 1.807) is 28.4 Å². The zero-order valence-electron chi connectivity index (χ0n) is 33.9. The number of aromatic nitrogens is 3. The number of fused-ring (bicyclic) bond motifs is 3. The molecule has 14 nitrogen and oxygen atoms in total. The van der Waals surface area contributed by atoms with Crippen LogP contribution in [0.15, 0.2) is 60.1 Å². The van der Waals surface area contributed by atoms with Gasteiger partial charge in [-0.25, -0.2) is 4.98 Å². The number of para-hydroxylation sites is 1. The van der Waals surface area contributed by atoms with E-state index in [2.05, 4.69) is 58.0 Å². The Morgan fingerprint density at radius 1 is 0.983 bits per heavy atom. The summed E-state index contributed by atoms with van der Waals surface area (Å²) >= 11 is 1.61. The van der Waals surface area contributed by atoms with Crippen LogP contribution in [-0.2, 0) is 14.4 Å². The fourth-order valence-electron chi connectivity index (χ4n) is 8.79. The number of rotatable bonds is 10. The molecule has 8 rings (SSSR count). The van der Waals surface area contributed by atoms with E-state index in [-0.39, 0.29) is 42.1 Å². The number of thiazole rings is 1. The number of phenolic OH excluding ortho intramolecular Hbond substituents is 1. The lowest BCUT2D eigenvalue weighted by Crippen LogP contribution is -2.67. The highest BCUT2D eigenvalue weighted by Gasteiger charge is 2.43. The molecule has 15 heteroatoms. The third-order valence-corrected chi connectivity index (χ3v) is 13.1. The zero-order valence-corrected chi connectivity index (χ0v) is 34.8. The molecule has 4 aromatic rings. The minimum atomic E-state index is -0.767. The summed E-state index contributed by atoms with van der Waals surface area (Å²) < 4.78 is 0. The second-order valence-corrected chi connectivity index (χ2v) is 18.1. The topological polar surface area (TPSA) is 159 Å². The molecule has 0 spiro atoms. The van der Waals surface area contributed by atoms with E-state index < -0.39 is 17.5 Å². The van der Waals surface area contributed by atoms with Crippen molar-refractivity contribution in [2.75, 3.05) is 62.6 Å². The molecule has 4 aliphatic heterocycles. The van der Waals surface area contributed by atoms with Gasteiger partial charge >= 0.3 is 0 Å². The van der Waals surface area contributed by atoms with Crippen LogP contribution in [0.1, 0.15) is 57.8 Å². The van der Waals surface area contributed by atoms with E-state index in [0.29, 0.717) is 30.3 Å². The van der Waals surface area contributed by atoms with Gasteiger partial charge in [0.2, 0.25) is 17.7 Å². The number of benzene rings is 2. The van der Waals surface area contributed by atoms with E-state index in [9.17, 15) is 19.5 Å². The highest BCUT2D eigenvalue weighted by Crippen LogP contribution is 2.37. The maximum absolute atomic E-state index is 14.2. The number of anilines is 2. The number of nitrogens with one attached hydrogen (secondary N) is 3. The van der Waals surface area contributed by atoms with Crippen LogP contribution in [0.5, 0.6) is 5.75 Å². The highest BCUT2D eigenvalue weighted by molar-refractivity contribution is 7.13. The third kappa shape index (κ3) is 8.12. The lowest BCUT2D eigenvalue weighted by Gasteiger charge is -2.52. The van der Waals surface area contributed by atoms with Crippen molar-refractivity contribution in [1.29, 1.82) is 0 Å². The first-order valence-electron chi connectivity index (χ1n) is 20.4. The Balaban J connectivity index is 0.827. The average molecular weight is 807 g/mol. The number of amides is 3. The summed E-state index contributed by atoms with van der Waals surface area (Å²) in [6, 6.07) is 16.4. The van der Waals surface area contributed by atoms with Crippen molar-refractivity contribution in [2.24, 2.45) is 5.41 Å². The first kappa shape index (κ1) is 39.7. The largest absolute Gasteiger partial charge is 0.507 e. The van der Waals surface area contributed by atoms with Crippen molar-refractivity contribution in [1.82, 2.24) is 40.5 Å². The van der Waals surface area contributed by atoms with E-state index in [1.807, 2.05) is 70.5 Å². The van der Waals surface area contributed by atoms with E-state index in [1.165, 1.54) is 0 Å². The minimum absolute atomic E-state index is 0.175. The van der Waals surface area contributed by atoms with E-state index in [4.69, 9.17) is 0 Å². The van der Waals surface area contributed by atoms with Crippen molar-refractivity contribution in [3.05, 3.63) is 71.4 Å². The molecule has 6 heterocycles. The molecule has 0 radical (unpaired) electrons. The summed E-state index contributed by atoms with van der Waals surface area (Å²) in [5.41, 5.74) is 6.66. The van der Waals surface area contributed by atoms with Gasteiger partial charge in [-0.15, -0.1) is 21.5 Å². The highest BCUT2D eigenvalue weighted by atomic mass is 32.1. The van der Waals surface area contributed by atoms with Gasteiger partial charge in [0.25, 0.3) is 0 Å². The molecule has 4 N–H and O–H groups in total. The van der Waals surface area contributed by atoms with Gasteiger partial charge in [-0.3, -0.25) is 24.2 Å². The Bertz CT molecular complexity index is 2150. The molecule has 2 aromatic heterocycles. The zero-order chi connectivity index (χ0) is 40.7. The summed E-state index contributed by atoms with van der Waals surface area (Å²) in [4.78, 5) is 55.6. The monoisotopic (exact) mass is 806 g/mol. The number of nitrogens with zero attached hydrogens (tertiary/aromatic N) is 7. The molecule has 3 amide bonds. The van der Waals surface area contributed by atoms with Crippen LogP contribution in [0.2, 0.25) is 0 Å². The van der Waals surface area contributed by atoms with Gasteiger partial charge in [-0.1, -0.05) is 57.2 Å². The number of aryl methyl sites for hydroxylation is 1. The number of hydrogen-bond acceptors (Lipinski definition) is 12. The number of piperazine rings is 1. The number of aromatic hydroxyl groups is 1. The Morgan fingerprint density at radius 3 is 2.48 bits per heavy atom. The number of phenols is 1. The van der Waals surface area contributed by atoms with Gasteiger partial charge in [0.15, 0.2) is 5.82 Å². The Hall–Kier alpha value is -5.12. The number of likely N-dealkylation sites (tertiary alicyclic amines) is 2. The minimum Gasteiger partial charge on any atom is -0.507 e. The lowest BCUT2D eigenvalue weighted by atomic mass is 9.85. The fraction of sp³-hybridized carbons (Fsp3) is 0.488. The molecule has 1 unspecified atom stereocenters. The van der Waals surface area contributed by atoms with E-state index >= 15 is 0 Å². The van der Waals surface area contributed by atoms with Gasteiger partial charge in [-0.05, 0) is 61.4 Å². The predicted molar refractivity (Wildman–Crippen MR) is 226 cm³/mol. The molecule has 3 fully saturated rings. The van der Waals surface area contributed by atoms with Gasteiger partial charge in [0, 0.05) is 57.4 Å². The normalized spacial score (nSPS) is 21.0. The van der Waals surface area contributed by atoms with Crippen molar-refractivity contribution >= 4 is 40.6 Å². The predicted octanol–water partition coefficient (Wildman–Crippen LogP) is 4.28. The van der Waals surface area contributed by atoms with Gasteiger partial charge in [0.05, 0.1) is 46.1 Å². The number of carbonyl (C=O) groups excluding carboxylic acids is 3. The van der Waals surface area contributed by atoms with E-state index in [0.717, 1.165) is 78.9 Å². The van der Waals surface area contributed by atoms with Crippen LogP contribution in [0, 0.1) is 12.3 Å². The molecule has 2 aromatic carbocycles. The maximum Gasteiger partial charge on any atom is 0.246 e. The van der Waals surface area contributed by atoms with Crippen molar-refractivity contribution in [2.45, 2.75) is 77.7 Å². The second kappa shape index (κ2) is 16.3. The maximum atomic E-state index is 14.2. The fourth-order valence-corrected chi connectivity index (χ4v) is 9.60. The Labute approximate surface area is 344 Å². The number of carbonyl (C=O) groups is 3. The van der Waals surface area contributed by atoms with Crippen molar-refractivity contribution in [3.8, 4) is 27.4 Å². The lowest BCUT2D eigenvalue weighted by molar-refractivity contribution is -0.144. The summed E-state index contributed by atoms with van der Waals surface area (Å²) in [7, 11) is 0. The molecule has 4 atom stereocenters. The van der Waals surface area contributed by atoms with Crippen LogP contribution in [-0.4, -0.2) is 129 Å². The van der Waals surface area contributed by atoms with Gasteiger partial charge in [-0.2, -0.15) is 0 Å². The summed E-state index contributed by atoms with van der Waals surface area (Å²) in [5.74, 6) is 0.367. The van der Waals surface area contributed by atoms with Crippen molar-refractivity contribution < 1.29 is 19.5 Å². The standard InChI is InChI=1S/C43H54N10O4S/c1-26(28-12-14-29(15-13-28)38-27(2)45-25-58-38)46-41(56)34-10-8-16-53(34)42(57)39(43(3,4)5)47-37(55)24-50-21-31(22-50)51-17-18-52-30(23-51)20-44-40-35(52)19-33(48-49-40)32-9-6-7-11-36(32)54/h6-7,9,11-15,19,25-26,30-31,34,39,54H,8,10,16-18,20-24H2,1-5H3,(H,44,49)(H,46,56)(H,47,55)/t26-,30?,34-,39+/m0/s1. The van der Waals surface area contributed by atoms with Crippen LogP contribution >= 0.6 is 11.3 Å². The molecular formula is C43H54N10O4S. The summed E-state index contributed by atoms with van der Waals surface area (Å²) in [6.45, 7) is 15.4. The smallest absolute Gasteiger partial charge is 0.246 e. The van der Waals surface area contributed by atoms with Crippen LogP contribution in [0.3, 0.4) is 0 Å². The molecule has 58 heavy (non-hydrogen) atoms. The molecule has 306 valence electrons. The molecule has 3 saturated heterocycles. The third-order valence-electron chi connectivity index (χ3n) is 12.1.